The van der Waals surface area contributed by atoms with Gasteiger partial charge in [-0.15, -0.1) is 0 Å². The SMILES string of the molecule is COc1ccc(C(CO)N(C)C(=O)Nc2ccc(C)c(Cl)c2)cc1. The molecule has 0 aliphatic rings. The van der Waals surface area contributed by atoms with Crippen molar-refractivity contribution in [3.05, 3.63) is 58.6 Å². The van der Waals surface area contributed by atoms with E-state index in [4.69, 9.17) is 16.3 Å². The van der Waals surface area contributed by atoms with Crippen molar-refractivity contribution in [2.24, 2.45) is 0 Å². The van der Waals surface area contributed by atoms with Gasteiger partial charge in [-0.2, -0.15) is 0 Å². The van der Waals surface area contributed by atoms with Gasteiger partial charge in [0.2, 0.25) is 0 Å². The van der Waals surface area contributed by atoms with E-state index in [-0.39, 0.29) is 12.6 Å². The fraction of sp³-hybridized carbons (Fsp3) is 0.278. The van der Waals surface area contributed by atoms with E-state index in [1.54, 1.807) is 38.4 Å². The van der Waals surface area contributed by atoms with E-state index in [9.17, 15) is 9.90 Å². The first kappa shape index (κ1) is 18.1. The van der Waals surface area contributed by atoms with Gasteiger partial charge in [-0.1, -0.05) is 29.8 Å². The van der Waals surface area contributed by atoms with Crippen molar-refractivity contribution in [2.45, 2.75) is 13.0 Å². The van der Waals surface area contributed by atoms with Crippen LogP contribution < -0.4 is 10.1 Å². The van der Waals surface area contributed by atoms with Crippen molar-refractivity contribution < 1.29 is 14.6 Å². The van der Waals surface area contributed by atoms with Gasteiger partial charge in [-0.05, 0) is 42.3 Å². The first-order chi connectivity index (χ1) is 11.5. The number of aliphatic hydroxyl groups is 1. The fourth-order valence-corrected chi connectivity index (χ4v) is 2.48. The number of nitrogens with zero attached hydrogens (tertiary/aromatic N) is 1. The zero-order chi connectivity index (χ0) is 17.7. The summed E-state index contributed by atoms with van der Waals surface area (Å²) in [4.78, 5) is 13.9. The Bertz CT molecular complexity index is 704. The molecule has 1 unspecified atom stereocenters. The minimum atomic E-state index is -0.461. The summed E-state index contributed by atoms with van der Waals surface area (Å²) in [5.41, 5.74) is 2.36. The van der Waals surface area contributed by atoms with Crippen LogP contribution in [0.2, 0.25) is 5.02 Å². The van der Waals surface area contributed by atoms with Crippen LogP contribution in [-0.4, -0.2) is 36.8 Å². The second-order valence-corrected chi connectivity index (χ2v) is 5.88. The number of anilines is 1. The molecule has 2 aromatic rings. The smallest absolute Gasteiger partial charge is 0.322 e. The van der Waals surface area contributed by atoms with E-state index in [0.717, 1.165) is 16.9 Å². The topological polar surface area (TPSA) is 61.8 Å². The number of amides is 2. The summed E-state index contributed by atoms with van der Waals surface area (Å²) >= 11 is 6.07. The normalized spacial score (nSPS) is 11.7. The van der Waals surface area contributed by atoms with Gasteiger partial charge in [-0.3, -0.25) is 0 Å². The summed E-state index contributed by atoms with van der Waals surface area (Å²) in [6.07, 6.45) is 0. The first-order valence-electron chi connectivity index (χ1n) is 7.51. The number of carbonyl (C=O) groups excluding carboxylic acids is 1. The van der Waals surface area contributed by atoms with Gasteiger partial charge in [0, 0.05) is 17.8 Å². The third kappa shape index (κ3) is 4.19. The number of ether oxygens (including phenoxy) is 1. The molecule has 1 atom stereocenters. The van der Waals surface area contributed by atoms with Crippen molar-refractivity contribution in [3.8, 4) is 5.75 Å². The average Bonchev–Trinajstić information content (AvgIpc) is 2.59. The lowest BCUT2D eigenvalue weighted by Gasteiger charge is -2.27. The average molecular weight is 349 g/mol. The molecule has 5 nitrogen and oxygen atoms in total. The molecule has 6 heteroatoms. The van der Waals surface area contributed by atoms with Crippen LogP contribution in [0.5, 0.6) is 5.75 Å². The minimum Gasteiger partial charge on any atom is -0.497 e. The molecule has 0 spiro atoms. The highest BCUT2D eigenvalue weighted by Gasteiger charge is 2.21. The Hall–Kier alpha value is -2.24. The van der Waals surface area contributed by atoms with Gasteiger partial charge in [0.05, 0.1) is 19.8 Å². The number of urea groups is 1. The molecule has 2 amide bonds. The van der Waals surface area contributed by atoms with Crippen LogP contribution in [0.4, 0.5) is 10.5 Å². The maximum Gasteiger partial charge on any atom is 0.322 e. The molecule has 0 saturated heterocycles. The Balaban J connectivity index is 2.12. The summed E-state index contributed by atoms with van der Waals surface area (Å²) in [5, 5.41) is 13.1. The number of likely N-dealkylation sites (N-methyl/N-ethyl adjacent to an activating group) is 1. The van der Waals surface area contributed by atoms with Crippen LogP contribution in [0.15, 0.2) is 42.5 Å². The molecule has 0 bridgehead atoms. The zero-order valence-corrected chi connectivity index (χ0v) is 14.7. The molecule has 0 saturated carbocycles. The Kier molecular flexibility index (Phi) is 6.06. The molecular formula is C18H21ClN2O3. The first-order valence-corrected chi connectivity index (χ1v) is 7.89. The minimum absolute atomic E-state index is 0.190. The number of hydrogen-bond acceptors (Lipinski definition) is 3. The van der Waals surface area contributed by atoms with Crippen LogP contribution in [0.1, 0.15) is 17.2 Å². The van der Waals surface area contributed by atoms with Crippen LogP contribution in [0.3, 0.4) is 0 Å². The van der Waals surface area contributed by atoms with Crippen LogP contribution in [0.25, 0.3) is 0 Å². The summed E-state index contributed by atoms with van der Waals surface area (Å²) in [6, 6.07) is 11.8. The van der Waals surface area contributed by atoms with Crippen LogP contribution >= 0.6 is 11.6 Å². The lowest BCUT2D eigenvalue weighted by Crippen LogP contribution is -2.36. The van der Waals surface area contributed by atoms with E-state index < -0.39 is 6.04 Å². The third-order valence-corrected chi connectivity index (χ3v) is 4.29. The van der Waals surface area contributed by atoms with Crippen LogP contribution in [0, 0.1) is 6.92 Å². The predicted octanol–water partition coefficient (Wildman–Crippen LogP) is 3.85. The highest BCUT2D eigenvalue weighted by molar-refractivity contribution is 6.31. The maximum atomic E-state index is 12.4. The van der Waals surface area contributed by atoms with Crippen molar-refractivity contribution in [1.29, 1.82) is 0 Å². The largest absolute Gasteiger partial charge is 0.497 e. The van der Waals surface area contributed by atoms with Gasteiger partial charge in [0.1, 0.15) is 5.75 Å². The van der Waals surface area contributed by atoms with Gasteiger partial charge < -0.3 is 20.1 Å². The molecule has 0 aliphatic carbocycles. The second kappa shape index (κ2) is 8.04. The Morgan fingerprint density at radius 1 is 1.29 bits per heavy atom. The number of halogens is 1. The number of benzene rings is 2. The molecule has 2 aromatic carbocycles. The van der Waals surface area contributed by atoms with E-state index in [1.165, 1.54) is 4.90 Å². The number of rotatable bonds is 5. The molecule has 0 heterocycles. The molecule has 0 aliphatic heterocycles. The standard InChI is InChI=1S/C18H21ClN2O3/c1-12-4-7-14(10-16(12)19)20-18(23)21(2)17(11-22)13-5-8-15(24-3)9-6-13/h4-10,17,22H,11H2,1-3H3,(H,20,23). The van der Waals surface area contributed by atoms with E-state index >= 15 is 0 Å². The maximum absolute atomic E-state index is 12.4. The molecule has 0 aromatic heterocycles. The van der Waals surface area contributed by atoms with Crippen molar-refractivity contribution in [1.82, 2.24) is 4.90 Å². The van der Waals surface area contributed by atoms with Crippen molar-refractivity contribution in [2.75, 3.05) is 26.1 Å². The number of aryl methyl sites for hydroxylation is 1. The van der Waals surface area contributed by atoms with Crippen molar-refractivity contribution >= 4 is 23.3 Å². The van der Waals surface area contributed by atoms with E-state index in [2.05, 4.69) is 5.32 Å². The quantitative estimate of drug-likeness (QED) is 0.862. The predicted molar refractivity (Wildman–Crippen MR) is 95.8 cm³/mol. The number of hydrogen-bond donors (Lipinski definition) is 2. The second-order valence-electron chi connectivity index (χ2n) is 5.48. The summed E-state index contributed by atoms with van der Waals surface area (Å²) in [5.74, 6) is 0.719. The molecule has 24 heavy (non-hydrogen) atoms. The highest BCUT2D eigenvalue weighted by atomic mass is 35.5. The summed E-state index contributed by atoms with van der Waals surface area (Å²) in [7, 11) is 3.22. The molecule has 0 fully saturated rings. The van der Waals surface area contributed by atoms with Crippen LogP contribution in [-0.2, 0) is 0 Å². The lowest BCUT2D eigenvalue weighted by atomic mass is 10.1. The van der Waals surface area contributed by atoms with Crippen molar-refractivity contribution in [3.63, 3.8) is 0 Å². The number of aliphatic hydroxyl groups excluding tert-OH is 1. The number of carbonyl (C=O) groups is 1. The summed E-state index contributed by atoms with van der Waals surface area (Å²) in [6.45, 7) is 1.70. The Morgan fingerprint density at radius 3 is 2.50 bits per heavy atom. The van der Waals surface area contributed by atoms with Gasteiger partial charge >= 0.3 is 6.03 Å². The zero-order valence-electron chi connectivity index (χ0n) is 13.9. The lowest BCUT2D eigenvalue weighted by molar-refractivity contribution is 0.159. The monoisotopic (exact) mass is 348 g/mol. The van der Waals surface area contributed by atoms with Gasteiger partial charge in [0.15, 0.2) is 0 Å². The summed E-state index contributed by atoms with van der Waals surface area (Å²) < 4.78 is 5.12. The fourth-order valence-electron chi connectivity index (χ4n) is 2.30. The number of methoxy groups -OCH3 is 1. The Morgan fingerprint density at radius 2 is 1.96 bits per heavy atom. The van der Waals surface area contributed by atoms with Gasteiger partial charge in [0.25, 0.3) is 0 Å². The molecular weight excluding hydrogens is 328 g/mol. The third-order valence-electron chi connectivity index (χ3n) is 3.88. The van der Waals surface area contributed by atoms with Gasteiger partial charge in [-0.25, -0.2) is 4.79 Å². The molecule has 128 valence electrons. The molecule has 2 rings (SSSR count). The van der Waals surface area contributed by atoms with E-state index in [1.807, 2.05) is 25.1 Å². The highest BCUT2D eigenvalue weighted by Crippen LogP contribution is 2.24. The number of nitrogens with one attached hydrogen (secondary N) is 1. The van der Waals surface area contributed by atoms with E-state index in [0.29, 0.717) is 10.7 Å². The molecule has 2 N–H and O–H groups in total. The molecule has 0 radical (unpaired) electrons. The Labute approximate surface area is 146 Å².